The summed E-state index contributed by atoms with van der Waals surface area (Å²) in [6.45, 7) is 8.08. The van der Waals surface area contributed by atoms with Crippen LogP contribution in [-0.4, -0.2) is 66.3 Å². The van der Waals surface area contributed by atoms with E-state index in [1.54, 1.807) is 40.7 Å². The number of nitro benzene ring substituents is 2. The third-order valence-electron chi connectivity index (χ3n) is 6.68. The first kappa shape index (κ1) is 34.7. The van der Waals surface area contributed by atoms with E-state index in [9.17, 15) is 39.4 Å². The van der Waals surface area contributed by atoms with E-state index in [2.05, 4.69) is 25.6 Å². The van der Waals surface area contributed by atoms with Gasteiger partial charge >= 0.3 is 6.09 Å². The van der Waals surface area contributed by atoms with E-state index in [0.29, 0.717) is 11.8 Å². The molecule has 17 nitrogen and oxygen atoms in total. The highest BCUT2D eigenvalue weighted by Gasteiger charge is 2.42. The number of aromatic amines is 1. The Labute approximate surface area is 263 Å². The van der Waals surface area contributed by atoms with Crippen LogP contribution >= 0.6 is 0 Å². The molecule has 17 heteroatoms. The second-order valence-corrected chi connectivity index (χ2v) is 11.2. The number of imidazole rings is 1. The number of nitrogens with one attached hydrogen (secondary N) is 3. The lowest BCUT2D eigenvalue weighted by molar-refractivity contribution is -0.393. The zero-order valence-corrected chi connectivity index (χ0v) is 25.8. The zero-order chi connectivity index (χ0) is 34.2. The van der Waals surface area contributed by atoms with Crippen molar-refractivity contribution in [2.24, 2.45) is 5.92 Å². The first-order valence-electron chi connectivity index (χ1n) is 14.1. The summed E-state index contributed by atoms with van der Waals surface area (Å²) in [6.07, 6.45) is 3.12. The number of alkyl carbamates (subject to hydrolysis) is 1. The molecule has 0 bridgehead atoms. The molecule has 46 heavy (non-hydrogen) atoms. The standard InChI is InChI=1S/C29H34N8O9/c1-6-17(2)24(26(39)34-25(38)20-9-7-8-12-31-20)35(22-11-10-19(36(42)43)14-23(22)37(44)45)27(40)21(13-18-15-30-16-32-18)33-28(41)46-29(3,4)5/h7-12,14-17,21,24H,6,13H2,1-5H3,(H,30,32)(H,33,41)(H,34,38,39)/t17-,21-,24-/m0/s1. The summed E-state index contributed by atoms with van der Waals surface area (Å²) >= 11 is 0. The van der Waals surface area contributed by atoms with Crippen molar-refractivity contribution in [3.8, 4) is 0 Å². The number of hydrogen-bond acceptors (Lipinski definition) is 11. The van der Waals surface area contributed by atoms with Gasteiger partial charge in [-0.1, -0.05) is 26.3 Å². The summed E-state index contributed by atoms with van der Waals surface area (Å²) in [4.78, 5) is 87.8. The molecule has 3 N–H and O–H groups in total. The van der Waals surface area contributed by atoms with Crippen LogP contribution in [0.1, 0.15) is 57.2 Å². The second-order valence-electron chi connectivity index (χ2n) is 11.2. The first-order valence-corrected chi connectivity index (χ1v) is 14.1. The Morgan fingerprint density at radius 1 is 1.07 bits per heavy atom. The average Bonchev–Trinajstić information content (AvgIpc) is 3.51. The number of non-ortho nitro benzene ring substituents is 1. The van der Waals surface area contributed by atoms with Gasteiger partial charge in [-0.2, -0.15) is 0 Å². The number of benzene rings is 1. The SMILES string of the molecule is CC[C@H](C)[C@@H](C(=O)NC(=O)c1ccccn1)N(C(=O)[C@H](Cc1c[nH]cn1)NC(=O)OC(C)(C)C)c1ccc([N+](=O)[O-])cc1[N+](=O)[O-]. The summed E-state index contributed by atoms with van der Waals surface area (Å²) in [6, 6.07) is 3.90. The Hall–Kier alpha value is -5.74. The maximum absolute atomic E-state index is 14.6. The van der Waals surface area contributed by atoms with Gasteiger partial charge in [0, 0.05) is 24.9 Å². The maximum Gasteiger partial charge on any atom is 0.408 e. The van der Waals surface area contributed by atoms with Crippen LogP contribution < -0.4 is 15.5 Å². The molecule has 1 aromatic carbocycles. The Morgan fingerprint density at radius 3 is 2.33 bits per heavy atom. The molecule has 3 aromatic rings. The van der Waals surface area contributed by atoms with E-state index in [0.717, 1.165) is 17.0 Å². The van der Waals surface area contributed by atoms with Crippen LogP contribution in [0.2, 0.25) is 0 Å². The molecule has 0 spiro atoms. The van der Waals surface area contributed by atoms with Crippen LogP contribution in [0.25, 0.3) is 0 Å². The number of imide groups is 1. The molecule has 0 radical (unpaired) electrons. The van der Waals surface area contributed by atoms with Gasteiger partial charge in [0.1, 0.15) is 29.1 Å². The van der Waals surface area contributed by atoms with Crippen molar-refractivity contribution in [2.75, 3.05) is 4.90 Å². The van der Waals surface area contributed by atoms with Gasteiger partial charge in [0.2, 0.25) is 5.91 Å². The second kappa shape index (κ2) is 14.8. The number of anilines is 1. The van der Waals surface area contributed by atoms with E-state index in [1.807, 2.05) is 0 Å². The summed E-state index contributed by atoms with van der Waals surface area (Å²) in [5.41, 5.74) is -2.76. The predicted octanol–water partition coefficient (Wildman–Crippen LogP) is 3.46. The minimum atomic E-state index is -1.59. The lowest BCUT2D eigenvalue weighted by atomic mass is 9.94. The van der Waals surface area contributed by atoms with Crippen molar-refractivity contribution in [1.29, 1.82) is 0 Å². The van der Waals surface area contributed by atoms with Gasteiger partial charge in [0.25, 0.3) is 23.2 Å². The largest absolute Gasteiger partial charge is 0.444 e. The lowest BCUT2D eigenvalue weighted by Crippen LogP contribution is -2.59. The number of H-pyrrole nitrogens is 1. The van der Waals surface area contributed by atoms with Crippen molar-refractivity contribution in [2.45, 2.75) is 65.1 Å². The number of rotatable bonds is 12. The van der Waals surface area contributed by atoms with E-state index < -0.39 is 74.3 Å². The van der Waals surface area contributed by atoms with Crippen LogP contribution in [0.3, 0.4) is 0 Å². The number of aromatic nitrogens is 3. The van der Waals surface area contributed by atoms with E-state index in [4.69, 9.17) is 4.74 Å². The van der Waals surface area contributed by atoms with Crippen LogP contribution in [0.4, 0.5) is 21.9 Å². The molecule has 0 aliphatic carbocycles. The fourth-order valence-corrected chi connectivity index (χ4v) is 4.41. The normalized spacial score (nSPS) is 13.1. The van der Waals surface area contributed by atoms with Crippen LogP contribution in [-0.2, 0) is 20.7 Å². The summed E-state index contributed by atoms with van der Waals surface area (Å²) in [5.74, 6) is -3.68. The number of carbonyl (C=O) groups excluding carboxylic acids is 4. The third kappa shape index (κ3) is 8.90. The highest BCUT2D eigenvalue weighted by molar-refractivity contribution is 6.10. The molecule has 4 amide bonds. The smallest absolute Gasteiger partial charge is 0.408 e. The Bertz CT molecular complexity index is 1590. The van der Waals surface area contributed by atoms with Crippen molar-refractivity contribution in [3.05, 3.63) is 86.7 Å². The molecule has 0 aliphatic rings. The summed E-state index contributed by atoms with van der Waals surface area (Å²) in [7, 11) is 0. The van der Waals surface area contributed by atoms with Crippen molar-refractivity contribution < 1.29 is 33.8 Å². The minimum absolute atomic E-state index is 0.110. The fourth-order valence-electron chi connectivity index (χ4n) is 4.41. The van der Waals surface area contributed by atoms with E-state index >= 15 is 0 Å². The van der Waals surface area contributed by atoms with Gasteiger partial charge in [-0.25, -0.2) is 9.78 Å². The molecule has 3 atom stereocenters. The Morgan fingerprint density at radius 2 is 1.78 bits per heavy atom. The van der Waals surface area contributed by atoms with E-state index in [1.165, 1.54) is 30.9 Å². The monoisotopic (exact) mass is 638 g/mol. The van der Waals surface area contributed by atoms with Crippen LogP contribution in [0, 0.1) is 26.1 Å². The number of amides is 4. The van der Waals surface area contributed by atoms with Gasteiger partial charge in [0.05, 0.1) is 27.9 Å². The molecular weight excluding hydrogens is 604 g/mol. The molecule has 0 unspecified atom stereocenters. The highest BCUT2D eigenvalue weighted by Crippen LogP contribution is 2.36. The highest BCUT2D eigenvalue weighted by atomic mass is 16.6. The Balaban J connectivity index is 2.22. The minimum Gasteiger partial charge on any atom is -0.444 e. The molecule has 2 aromatic heterocycles. The third-order valence-corrected chi connectivity index (χ3v) is 6.68. The molecule has 244 valence electrons. The van der Waals surface area contributed by atoms with Crippen molar-refractivity contribution >= 4 is 40.9 Å². The number of pyridine rings is 1. The number of hydrogen-bond donors (Lipinski definition) is 3. The lowest BCUT2D eigenvalue weighted by Gasteiger charge is -2.36. The molecule has 2 heterocycles. The first-order chi connectivity index (χ1) is 21.6. The number of carbonyl (C=O) groups is 4. The van der Waals surface area contributed by atoms with Crippen LogP contribution in [0.5, 0.6) is 0 Å². The molecule has 0 aliphatic heterocycles. The molecule has 0 saturated heterocycles. The quantitative estimate of drug-likeness (QED) is 0.192. The molecule has 3 rings (SSSR count). The molecular formula is C29H34N8O9. The summed E-state index contributed by atoms with van der Waals surface area (Å²) in [5, 5.41) is 28.4. The van der Waals surface area contributed by atoms with Gasteiger partial charge in [-0.05, 0) is 44.9 Å². The van der Waals surface area contributed by atoms with E-state index in [-0.39, 0.29) is 18.5 Å². The van der Waals surface area contributed by atoms with Gasteiger partial charge in [-0.15, -0.1) is 0 Å². The number of nitro groups is 2. The van der Waals surface area contributed by atoms with Crippen LogP contribution in [0.15, 0.2) is 55.1 Å². The maximum atomic E-state index is 14.6. The van der Waals surface area contributed by atoms with Crippen molar-refractivity contribution in [3.63, 3.8) is 0 Å². The fraction of sp³-hybridized carbons (Fsp3) is 0.379. The van der Waals surface area contributed by atoms with Crippen molar-refractivity contribution in [1.82, 2.24) is 25.6 Å². The van der Waals surface area contributed by atoms with Gasteiger partial charge in [0.15, 0.2) is 0 Å². The topological polar surface area (TPSA) is 233 Å². The molecule has 0 saturated carbocycles. The van der Waals surface area contributed by atoms with Gasteiger partial charge < -0.3 is 15.0 Å². The van der Waals surface area contributed by atoms with Gasteiger partial charge in [-0.3, -0.25) is 49.8 Å². The Kier molecular flexibility index (Phi) is 11.2. The number of ether oxygens (including phenoxy) is 1. The zero-order valence-electron chi connectivity index (χ0n) is 25.8. The average molecular weight is 639 g/mol. The number of nitrogens with zero attached hydrogens (tertiary/aromatic N) is 5. The molecule has 0 fully saturated rings. The predicted molar refractivity (Wildman–Crippen MR) is 163 cm³/mol. The summed E-state index contributed by atoms with van der Waals surface area (Å²) < 4.78 is 5.34.